The molecule has 0 aliphatic heterocycles. The van der Waals surface area contributed by atoms with E-state index < -0.39 is 41.0 Å². The molecule has 41 heavy (non-hydrogen) atoms. The maximum absolute atomic E-state index is 13.3. The van der Waals surface area contributed by atoms with Crippen molar-refractivity contribution in [1.29, 1.82) is 0 Å². The zero-order chi connectivity index (χ0) is 30.8. The first-order chi connectivity index (χ1) is 19.2. The number of hydrogen-bond acceptors (Lipinski definition) is 4. The molecular formula is C29H38F6N4O2. The Balaban J connectivity index is 2.40. The van der Waals surface area contributed by atoms with Gasteiger partial charge < -0.3 is 20.9 Å². The van der Waals surface area contributed by atoms with Crippen molar-refractivity contribution in [3.8, 4) is 0 Å². The lowest BCUT2D eigenvalue weighted by Gasteiger charge is -2.32. The van der Waals surface area contributed by atoms with Gasteiger partial charge in [-0.2, -0.15) is 26.3 Å². The van der Waals surface area contributed by atoms with Gasteiger partial charge in [0.2, 0.25) is 5.91 Å². The van der Waals surface area contributed by atoms with Crippen LogP contribution in [0.5, 0.6) is 0 Å². The molecule has 0 aliphatic carbocycles. The molecule has 228 valence electrons. The van der Waals surface area contributed by atoms with E-state index in [1.165, 1.54) is 4.90 Å². The largest absolute Gasteiger partial charge is 0.416 e. The number of nitrogens with zero attached hydrogens (tertiary/aromatic N) is 1. The number of amides is 2. The summed E-state index contributed by atoms with van der Waals surface area (Å²) >= 11 is 0. The first-order valence-electron chi connectivity index (χ1n) is 13.6. The number of likely N-dealkylation sites (N-methyl/N-ethyl adjacent to an activating group) is 2. The average molecular weight is 589 g/mol. The molecule has 1 atom stereocenters. The Morgan fingerprint density at radius 3 is 2.02 bits per heavy atom. The molecule has 1 unspecified atom stereocenters. The fraction of sp³-hybridized carbons (Fsp3) is 0.517. The van der Waals surface area contributed by atoms with Crippen LogP contribution in [-0.2, 0) is 23.6 Å². The molecule has 0 fully saturated rings. The topological polar surface area (TPSA) is 73.5 Å². The molecule has 2 aromatic carbocycles. The summed E-state index contributed by atoms with van der Waals surface area (Å²) in [5.41, 5.74) is -1.15. The summed E-state index contributed by atoms with van der Waals surface area (Å²) in [6, 6.07) is 5.67. The highest BCUT2D eigenvalue weighted by atomic mass is 19.4. The Bertz CT molecular complexity index is 1130. The number of alkyl halides is 6. The molecule has 2 amide bonds. The molecule has 2 aromatic rings. The molecule has 0 saturated heterocycles. The molecule has 0 aliphatic rings. The Morgan fingerprint density at radius 1 is 0.878 bits per heavy atom. The van der Waals surface area contributed by atoms with Crippen molar-refractivity contribution in [2.45, 2.75) is 58.9 Å². The van der Waals surface area contributed by atoms with E-state index in [-0.39, 0.29) is 31.6 Å². The van der Waals surface area contributed by atoms with Crippen molar-refractivity contribution in [1.82, 2.24) is 20.9 Å². The van der Waals surface area contributed by atoms with Gasteiger partial charge in [-0.1, -0.05) is 38.5 Å². The summed E-state index contributed by atoms with van der Waals surface area (Å²) in [7, 11) is 0. The van der Waals surface area contributed by atoms with Gasteiger partial charge in [0, 0.05) is 31.7 Å². The quantitative estimate of drug-likeness (QED) is 0.201. The van der Waals surface area contributed by atoms with Gasteiger partial charge in [0.25, 0.3) is 5.91 Å². The van der Waals surface area contributed by atoms with Crippen molar-refractivity contribution in [3.05, 3.63) is 69.8 Å². The minimum absolute atomic E-state index is 0.0138. The van der Waals surface area contributed by atoms with Gasteiger partial charge in [-0.05, 0) is 61.7 Å². The summed E-state index contributed by atoms with van der Waals surface area (Å²) in [6.45, 7) is 9.72. The number of halogens is 6. The molecule has 6 nitrogen and oxygen atoms in total. The van der Waals surface area contributed by atoms with Crippen LogP contribution in [0, 0.1) is 6.92 Å². The molecule has 0 aromatic heterocycles. The highest BCUT2D eigenvalue weighted by Gasteiger charge is 2.37. The minimum Gasteiger partial charge on any atom is -0.350 e. The number of benzene rings is 2. The predicted octanol–water partition coefficient (Wildman–Crippen LogP) is 5.50. The van der Waals surface area contributed by atoms with Crippen molar-refractivity contribution >= 4 is 11.8 Å². The van der Waals surface area contributed by atoms with Gasteiger partial charge in [0.1, 0.15) is 0 Å². The molecule has 0 spiro atoms. The Labute approximate surface area is 236 Å². The molecule has 0 radical (unpaired) electrons. The first kappa shape index (κ1) is 34.1. The predicted molar refractivity (Wildman–Crippen MR) is 145 cm³/mol. The molecule has 3 N–H and O–H groups in total. The molecule has 0 saturated carbocycles. The van der Waals surface area contributed by atoms with Crippen LogP contribution in [0.4, 0.5) is 26.3 Å². The lowest BCUT2D eigenvalue weighted by molar-refractivity contribution is -0.143. The number of hydrogen-bond donors (Lipinski definition) is 3. The van der Waals surface area contributed by atoms with Crippen LogP contribution in [0.1, 0.15) is 71.4 Å². The monoisotopic (exact) mass is 588 g/mol. The molecule has 0 bridgehead atoms. The number of nitrogens with one attached hydrogen (secondary N) is 3. The molecule has 0 heterocycles. The van der Waals surface area contributed by atoms with Gasteiger partial charge in [0.05, 0.1) is 23.7 Å². The van der Waals surface area contributed by atoms with Gasteiger partial charge in [0.15, 0.2) is 0 Å². The maximum Gasteiger partial charge on any atom is 0.416 e. The third kappa shape index (κ3) is 10.0. The Morgan fingerprint density at radius 2 is 1.49 bits per heavy atom. The fourth-order valence-electron chi connectivity index (χ4n) is 4.44. The van der Waals surface area contributed by atoms with Crippen molar-refractivity contribution < 1.29 is 35.9 Å². The van der Waals surface area contributed by atoms with E-state index in [9.17, 15) is 35.9 Å². The second kappa shape index (κ2) is 15.2. The normalized spacial score (nSPS) is 12.7. The van der Waals surface area contributed by atoms with Gasteiger partial charge in [-0.15, -0.1) is 0 Å². The van der Waals surface area contributed by atoms with Crippen molar-refractivity contribution in [2.24, 2.45) is 0 Å². The number of aryl methyl sites for hydroxylation is 2. The van der Waals surface area contributed by atoms with E-state index in [1.54, 1.807) is 6.92 Å². The van der Waals surface area contributed by atoms with Crippen LogP contribution < -0.4 is 16.0 Å². The fourth-order valence-corrected chi connectivity index (χ4v) is 4.44. The third-order valence-electron chi connectivity index (χ3n) is 6.63. The zero-order valence-corrected chi connectivity index (χ0v) is 23.7. The van der Waals surface area contributed by atoms with E-state index in [4.69, 9.17) is 0 Å². The zero-order valence-electron chi connectivity index (χ0n) is 23.7. The third-order valence-corrected chi connectivity index (χ3v) is 6.63. The van der Waals surface area contributed by atoms with Crippen LogP contribution in [0.25, 0.3) is 0 Å². The summed E-state index contributed by atoms with van der Waals surface area (Å²) in [6.07, 6.45) is -8.52. The lowest BCUT2D eigenvalue weighted by Crippen LogP contribution is -2.45. The second-order valence-electron chi connectivity index (χ2n) is 9.67. The SMILES string of the molecule is CCCc1cc(C(CNC(=O)c2cc(C(F)(F)F)cc(C(F)(F)F)c2)N(CC)C(=O)CNCCNCC)ccc1C. The van der Waals surface area contributed by atoms with Crippen molar-refractivity contribution in [3.63, 3.8) is 0 Å². The van der Waals surface area contributed by atoms with Crippen LogP contribution in [0.2, 0.25) is 0 Å². The lowest BCUT2D eigenvalue weighted by atomic mass is 9.96. The van der Waals surface area contributed by atoms with E-state index in [0.29, 0.717) is 30.8 Å². The molecule has 12 heteroatoms. The van der Waals surface area contributed by atoms with Crippen LogP contribution in [0.15, 0.2) is 36.4 Å². The average Bonchev–Trinajstić information content (AvgIpc) is 2.90. The van der Waals surface area contributed by atoms with Crippen LogP contribution >= 0.6 is 0 Å². The minimum atomic E-state index is -5.08. The highest BCUT2D eigenvalue weighted by molar-refractivity contribution is 5.94. The Kier molecular flexibility index (Phi) is 12.6. The van der Waals surface area contributed by atoms with Crippen molar-refractivity contribution in [2.75, 3.05) is 39.3 Å². The highest BCUT2D eigenvalue weighted by Crippen LogP contribution is 2.36. The van der Waals surface area contributed by atoms with Gasteiger partial charge >= 0.3 is 12.4 Å². The molecular weight excluding hydrogens is 550 g/mol. The summed E-state index contributed by atoms with van der Waals surface area (Å²) < 4.78 is 80.0. The van der Waals surface area contributed by atoms with E-state index in [0.717, 1.165) is 30.5 Å². The molecule has 2 rings (SSSR count). The number of carbonyl (C=O) groups is 2. The first-order valence-corrected chi connectivity index (χ1v) is 13.6. The summed E-state index contributed by atoms with van der Waals surface area (Å²) in [5, 5.41) is 8.67. The van der Waals surface area contributed by atoms with E-state index in [1.807, 2.05) is 39.0 Å². The maximum atomic E-state index is 13.3. The number of carbonyl (C=O) groups excluding carboxylic acids is 2. The van der Waals surface area contributed by atoms with E-state index >= 15 is 0 Å². The number of rotatable bonds is 14. The van der Waals surface area contributed by atoms with Gasteiger partial charge in [-0.3, -0.25) is 9.59 Å². The van der Waals surface area contributed by atoms with Gasteiger partial charge in [-0.25, -0.2) is 0 Å². The summed E-state index contributed by atoms with van der Waals surface area (Å²) in [5.74, 6) is -1.38. The van der Waals surface area contributed by atoms with E-state index in [2.05, 4.69) is 16.0 Å². The standard InChI is InChI=1S/C29H38F6N4O2/c1-5-8-20-13-21(10-9-19(20)4)25(39(7-3)26(40)18-37-12-11-36-6-2)17-38-27(41)22-14-23(28(30,31)32)16-24(15-22)29(33,34)35/h9-10,13-16,25,36-37H,5-8,11-12,17-18H2,1-4H3,(H,38,41). The van der Waals surface area contributed by atoms with Crippen LogP contribution in [0.3, 0.4) is 0 Å². The smallest absolute Gasteiger partial charge is 0.350 e. The Hall–Kier alpha value is -3.12. The van der Waals surface area contributed by atoms with Crippen LogP contribution in [-0.4, -0.2) is 56.0 Å². The second-order valence-corrected chi connectivity index (χ2v) is 9.67. The summed E-state index contributed by atoms with van der Waals surface area (Å²) in [4.78, 5) is 27.7.